The van der Waals surface area contributed by atoms with Crippen molar-refractivity contribution in [2.45, 2.75) is 39.3 Å². The zero-order chi connectivity index (χ0) is 18.5. The van der Waals surface area contributed by atoms with E-state index in [0.717, 1.165) is 19.6 Å². The van der Waals surface area contributed by atoms with Crippen LogP contribution in [0.15, 0.2) is 30.3 Å². The van der Waals surface area contributed by atoms with E-state index in [1.807, 2.05) is 24.3 Å². The number of anilines is 1. The van der Waals surface area contributed by atoms with Crippen molar-refractivity contribution < 1.29 is 9.72 Å². The molecule has 1 aromatic heterocycles. The van der Waals surface area contributed by atoms with Crippen LogP contribution in [0.25, 0.3) is 0 Å². The van der Waals surface area contributed by atoms with Crippen molar-refractivity contribution in [3.05, 3.63) is 51.7 Å². The normalized spacial score (nSPS) is 15.0. The highest BCUT2D eigenvalue weighted by Gasteiger charge is 2.17. The standard InChI is InChI=1S/C18H23N5O3/c1-14-11-17(23(25)26)20-22(14)13-18(24)19-16-7-5-15(6-8-16)12-21-9-3-2-4-10-21/h5-8,11H,2-4,9-10,12-13H2,1H3,(H,19,24). The second-order valence-corrected chi connectivity index (χ2v) is 6.64. The summed E-state index contributed by atoms with van der Waals surface area (Å²) in [6, 6.07) is 9.16. The molecule has 8 nitrogen and oxygen atoms in total. The highest BCUT2D eigenvalue weighted by atomic mass is 16.6. The lowest BCUT2D eigenvalue weighted by Gasteiger charge is -2.26. The van der Waals surface area contributed by atoms with Gasteiger partial charge in [0.15, 0.2) is 0 Å². The van der Waals surface area contributed by atoms with Crippen LogP contribution in [-0.4, -0.2) is 38.6 Å². The summed E-state index contributed by atoms with van der Waals surface area (Å²) in [6.45, 7) is 4.85. The molecule has 138 valence electrons. The van der Waals surface area contributed by atoms with Crippen LogP contribution in [0.4, 0.5) is 11.5 Å². The van der Waals surface area contributed by atoms with E-state index in [9.17, 15) is 14.9 Å². The van der Waals surface area contributed by atoms with E-state index in [1.54, 1.807) is 6.92 Å². The summed E-state index contributed by atoms with van der Waals surface area (Å²) < 4.78 is 1.33. The Bertz CT molecular complexity index is 779. The summed E-state index contributed by atoms with van der Waals surface area (Å²) in [6.07, 6.45) is 3.85. The lowest BCUT2D eigenvalue weighted by Crippen LogP contribution is -2.29. The molecule has 1 amide bonds. The van der Waals surface area contributed by atoms with Crippen LogP contribution in [-0.2, 0) is 17.9 Å². The van der Waals surface area contributed by atoms with Crippen LogP contribution in [0, 0.1) is 17.0 Å². The third-order valence-corrected chi connectivity index (χ3v) is 4.54. The topological polar surface area (TPSA) is 93.3 Å². The first-order valence-corrected chi connectivity index (χ1v) is 8.81. The fourth-order valence-corrected chi connectivity index (χ4v) is 3.15. The molecule has 1 N–H and O–H groups in total. The van der Waals surface area contributed by atoms with Crippen LogP contribution >= 0.6 is 0 Å². The van der Waals surface area contributed by atoms with Crippen molar-refractivity contribution in [1.29, 1.82) is 0 Å². The number of amides is 1. The van der Waals surface area contributed by atoms with Gasteiger partial charge in [-0.25, -0.2) is 0 Å². The number of benzene rings is 1. The van der Waals surface area contributed by atoms with Crippen molar-refractivity contribution in [3.63, 3.8) is 0 Å². The number of carbonyl (C=O) groups is 1. The average Bonchev–Trinajstić information content (AvgIpc) is 2.98. The maximum absolute atomic E-state index is 12.2. The molecule has 0 aliphatic carbocycles. The van der Waals surface area contributed by atoms with Gasteiger partial charge in [0.2, 0.25) is 5.91 Å². The number of aryl methyl sites for hydroxylation is 1. The number of nitro groups is 1. The lowest BCUT2D eigenvalue weighted by atomic mass is 10.1. The van der Waals surface area contributed by atoms with E-state index in [1.165, 1.54) is 35.6 Å². The highest BCUT2D eigenvalue weighted by Crippen LogP contribution is 2.16. The summed E-state index contributed by atoms with van der Waals surface area (Å²) in [5.41, 5.74) is 2.50. The van der Waals surface area contributed by atoms with E-state index < -0.39 is 4.92 Å². The van der Waals surface area contributed by atoms with Gasteiger partial charge in [-0.1, -0.05) is 18.6 Å². The van der Waals surface area contributed by atoms with Gasteiger partial charge in [-0.05, 0) is 55.5 Å². The Morgan fingerprint density at radius 3 is 2.54 bits per heavy atom. The van der Waals surface area contributed by atoms with E-state index in [2.05, 4.69) is 15.3 Å². The SMILES string of the molecule is Cc1cc([N+](=O)[O-])nn1CC(=O)Nc1ccc(CN2CCCCC2)cc1. The molecule has 26 heavy (non-hydrogen) atoms. The second-order valence-electron chi connectivity index (χ2n) is 6.64. The average molecular weight is 357 g/mol. The molecular formula is C18H23N5O3. The van der Waals surface area contributed by atoms with Crippen LogP contribution in [0.2, 0.25) is 0 Å². The van der Waals surface area contributed by atoms with Crippen LogP contribution in [0.1, 0.15) is 30.5 Å². The molecule has 1 saturated heterocycles. The number of hydrogen-bond donors (Lipinski definition) is 1. The Balaban J connectivity index is 1.55. The Morgan fingerprint density at radius 1 is 1.23 bits per heavy atom. The van der Waals surface area contributed by atoms with Crippen LogP contribution < -0.4 is 5.32 Å². The number of nitrogens with one attached hydrogen (secondary N) is 1. The number of aromatic nitrogens is 2. The minimum absolute atomic E-state index is 0.0603. The number of rotatable bonds is 6. The summed E-state index contributed by atoms with van der Waals surface area (Å²) in [5, 5.41) is 17.4. The fourth-order valence-electron chi connectivity index (χ4n) is 3.15. The van der Waals surface area contributed by atoms with Gasteiger partial charge in [-0.15, -0.1) is 0 Å². The Morgan fingerprint density at radius 2 is 1.92 bits per heavy atom. The molecule has 2 heterocycles. The van der Waals surface area contributed by atoms with E-state index in [4.69, 9.17) is 0 Å². The predicted molar refractivity (Wildman–Crippen MR) is 97.8 cm³/mol. The number of nitrogens with zero attached hydrogens (tertiary/aromatic N) is 4. The van der Waals surface area contributed by atoms with Crippen LogP contribution in [0.5, 0.6) is 0 Å². The zero-order valence-electron chi connectivity index (χ0n) is 14.9. The molecule has 0 atom stereocenters. The van der Waals surface area contributed by atoms with Gasteiger partial charge in [0.05, 0.1) is 16.9 Å². The van der Waals surface area contributed by atoms with Gasteiger partial charge >= 0.3 is 5.82 Å². The first kappa shape index (κ1) is 18.1. The molecule has 0 spiro atoms. The van der Waals surface area contributed by atoms with Gasteiger partial charge in [-0.2, -0.15) is 4.68 Å². The quantitative estimate of drug-likeness (QED) is 0.634. The molecule has 0 unspecified atom stereocenters. The number of piperidine rings is 1. The first-order valence-electron chi connectivity index (χ1n) is 8.81. The smallest absolute Gasteiger partial charge is 0.358 e. The number of carbonyl (C=O) groups excluding carboxylic acids is 1. The van der Waals surface area contributed by atoms with Crippen molar-refractivity contribution in [2.24, 2.45) is 0 Å². The summed E-state index contributed by atoms with van der Waals surface area (Å²) in [4.78, 5) is 24.8. The summed E-state index contributed by atoms with van der Waals surface area (Å²) in [5.74, 6) is -0.521. The third-order valence-electron chi connectivity index (χ3n) is 4.54. The molecule has 0 saturated carbocycles. The van der Waals surface area contributed by atoms with Gasteiger partial charge in [0.25, 0.3) is 0 Å². The molecule has 2 aromatic rings. The Labute approximate surface area is 151 Å². The van der Waals surface area contributed by atoms with Crippen molar-refractivity contribution in [1.82, 2.24) is 14.7 Å². The molecule has 8 heteroatoms. The summed E-state index contributed by atoms with van der Waals surface area (Å²) in [7, 11) is 0. The van der Waals surface area contributed by atoms with E-state index in [-0.39, 0.29) is 18.3 Å². The maximum atomic E-state index is 12.2. The molecule has 1 aromatic carbocycles. The number of likely N-dealkylation sites (tertiary alicyclic amines) is 1. The van der Waals surface area contributed by atoms with Crippen molar-refractivity contribution >= 4 is 17.4 Å². The lowest BCUT2D eigenvalue weighted by molar-refractivity contribution is -0.389. The zero-order valence-corrected chi connectivity index (χ0v) is 14.9. The Hall–Kier alpha value is -2.74. The monoisotopic (exact) mass is 357 g/mol. The molecule has 1 fully saturated rings. The molecule has 0 bridgehead atoms. The molecule has 1 aliphatic rings. The fraction of sp³-hybridized carbons (Fsp3) is 0.444. The van der Waals surface area contributed by atoms with Gasteiger partial charge < -0.3 is 15.4 Å². The summed E-state index contributed by atoms with van der Waals surface area (Å²) >= 11 is 0. The van der Waals surface area contributed by atoms with Gasteiger partial charge in [-0.3, -0.25) is 9.69 Å². The van der Waals surface area contributed by atoms with E-state index >= 15 is 0 Å². The van der Waals surface area contributed by atoms with Crippen molar-refractivity contribution in [3.8, 4) is 0 Å². The molecular weight excluding hydrogens is 334 g/mol. The molecule has 3 rings (SSSR count). The minimum atomic E-state index is -0.567. The number of hydrogen-bond acceptors (Lipinski definition) is 5. The third kappa shape index (κ3) is 4.66. The highest BCUT2D eigenvalue weighted by molar-refractivity contribution is 5.90. The second kappa shape index (κ2) is 8.09. The van der Waals surface area contributed by atoms with Crippen molar-refractivity contribution in [2.75, 3.05) is 18.4 Å². The van der Waals surface area contributed by atoms with E-state index in [0.29, 0.717) is 11.4 Å². The maximum Gasteiger partial charge on any atom is 0.390 e. The largest absolute Gasteiger partial charge is 0.390 e. The van der Waals surface area contributed by atoms with Gasteiger partial charge in [0.1, 0.15) is 6.54 Å². The Kier molecular flexibility index (Phi) is 5.62. The van der Waals surface area contributed by atoms with Gasteiger partial charge in [0, 0.05) is 12.2 Å². The predicted octanol–water partition coefficient (Wildman–Crippen LogP) is 2.72. The molecule has 1 aliphatic heterocycles. The molecule has 0 radical (unpaired) electrons. The van der Waals surface area contributed by atoms with Crippen LogP contribution in [0.3, 0.4) is 0 Å². The minimum Gasteiger partial charge on any atom is -0.358 e. The first-order chi connectivity index (χ1) is 12.5.